The van der Waals surface area contributed by atoms with E-state index < -0.39 is 0 Å². The molecule has 1 saturated carbocycles. The van der Waals surface area contributed by atoms with Crippen LogP contribution in [0.2, 0.25) is 0 Å². The standard InChI is InChI=1S/C17H16.C5H12.CH4/c1-3-9-15-13(7-1)14-8-2-4-10-16(14)17(15)11-5-6-12-17;1-5(2,3)4;/h1-4,7-10H,5-6,11-12H2;1-4H3;1H4. The molecule has 2 aliphatic rings. The smallest absolute Gasteiger partial charge is 0.0215 e. The fourth-order valence-electron chi connectivity index (χ4n) is 3.93. The van der Waals surface area contributed by atoms with E-state index in [1.807, 2.05) is 0 Å². The average Bonchev–Trinajstić information content (AvgIpc) is 3.05. The van der Waals surface area contributed by atoms with Gasteiger partial charge in [0.15, 0.2) is 0 Å². The predicted octanol–water partition coefficient (Wildman–Crippen LogP) is 7.22. The summed E-state index contributed by atoms with van der Waals surface area (Å²) >= 11 is 0. The van der Waals surface area contributed by atoms with E-state index in [1.54, 1.807) is 11.1 Å². The summed E-state index contributed by atoms with van der Waals surface area (Å²) in [5.74, 6) is 0. The zero-order valence-corrected chi connectivity index (χ0v) is 14.4. The first-order valence-corrected chi connectivity index (χ1v) is 8.61. The SMILES string of the molecule is C.CC(C)(C)C.c1ccc2c(c1)-c1ccccc1C21CCCC1. The normalized spacial score (nSPS) is 16.9. The molecule has 0 bridgehead atoms. The maximum atomic E-state index is 2.35. The minimum absolute atomic E-state index is 0. The topological polar surface area (TPSA) is 0 Å². The van der Waals surface area contributed by atoms with Crippen LogP contribution in [0.15, 0.2) is 48.5 Å². The van der Waals surface area contributed by atoms with Gasteiger partial charge in [-0.3, -0.25) is 0 Å². The van der Waals surface area contributed by atoms with Crippen LogP contribution in [-0.2, 0) is 5.41 Å². The molecule has 0 saturated heterocycles. The third-order valence-electron chi connectivity index (χ3n) is 4.63. The van der Waals surface area contributed by atoms with Crippen LogP contribution in [0, 0.1) is 5.41 Å². The molecule has 4 rings (SSSR count). The second kappa shape index (κ2) is 6.51. The Kier molecular flexibility index (Phi) is 5.04. The lowest BCUT2D eigenvalue weighted by atomic mass is 9.77. The lowest BCUT2D eigenvalue weighted by Crippen LogP contribution is -2.20. The third-order valence-corrected chi connectivity index (χ3v) is 4.63. The molecule has 1 spiro atoms. The third kappa shape index (κ3) is 3.37. The van der Waals surface area contributed by atoms with Crippen molar-refractivity contribution in [3.8, 4) is 11.1 Å². The van der Waals surface area contributed by atoms with Crippen molar-refractivity contribution >= 4 is 0 Å². The Morgan fingerprint density at radius 2 is 1.04 bits per heavy atom. The maximum Gasteiger partial charge on any atom is 0.0215 e. The number of hydrogen-bond acceptors (Lipinski definition) is 0. The molecule has 2 aliphatic carbocycles. The molecule has 0 radical (unpaired) electrons. The maximum absolute atomic E-state index is 2.35. The van der Waals surface area contributed by atoms with Crippen LogP contribution in [0.1, 0.15) is 71.9 Å². The van der Waals surface area contributed by atoms with Gasteiger partial charge in [-0.05, 0) is 40.5 Å². The number of rotatable bonds is 0. The van der Waals surface area contributed by atoms with Crippen LogP contribution >= 0.6 is 0 Å². The van der Waals surface area contributed by atoms with Gasteiger partial charge in [-0.15, -0.1) is 0 Å². The second-order valence-corrected chi connectivity index (χ2v) is 8.38. The van der Waals surface area contributed by atoms with Gasteiger partial charge < -0.3 is 0 Å². The van der Waals surface area contributed by atoms with Crippen LogP contribution in [0.25, 0.3) is 11.1 Å². The summed E-state index contributed by atoms with van der Waals surface area (Å²) in [6.45, 7) is 8.75. The molecule has 2 aromatic carbocycles. The Labute approximate surface area is 143 Å². The first-order chi connectivity index (χ1) is 10.4. The average molecular weight is 309 g/mol. The first kappa shape index (κ1) is 17.8. The van der Waals surface area contributed by atoms with E-state index in [4.69, 9.17) is 0 Å². The minimum Gasteiger partial charge on any atom is -0.0776 e. The van der Waals surface area contributed by atoms with Crippen molar-refractivity contribution in [3.05, 3.63) is 59.7 Å². The number of benzene rings is 2. The molecule has 1 fully saturated rings. The van der Waals surface area contributed by atoms with Crippen molar-refractivity contribution in [2.45, 2.75) is 66.2 Å². The Morgan fingerprint density at radius 3 is 1.43 bits per heavy atom. The van der Waals surface area contributed by atoms with Gasteiger partial charge in [0.25, 0.3) is 0 Å². The molecule has 0 atom stereocenters. The van der Waals surface area contributed by atoms with Crippen molar-refractivity contribution < 1.29 is 0 Å². The predicted molar refractivity (Wildman–Crippen MR) is 103 cm³/mol. The summed E-state index contributed by atoms with van der Waals surface area (Å²) in [4.78, 5) is 0. The van der Waals surface area contributed by atoms with E-state index in [0.717, 1.165) is 0 Å². The molecule has 124 valence electrons. The van der Waals surface area contributed by atoms with Gasteiger partial charge >= 0.3 is 0 Å². The summed E-state index contributed by atoms with van der Waals surface area (Å²) < 4.78 is 0. The fourth-order valence-corrected chi connectivity index (χ4v) is 3.93. The lowest BCUT2D eigenvalue weighted by Gasteiger charge is -2.26. The minimum atomic E-state index is 0. The van der Waals surface area contributed by atoms with Gasteiger partial charge in [-0.2, -0.15) is 0 Å². The lowest BCUT2D eigenvalue weighted by molar-refractivity contribution is 0.469. The zero-order valence-electron chi connectivity index (χ0n) is 14.4. The van der Waals surface area contributed by atoms with Crippen molar-refractivity contribution in [1.82, 2.24) is 0 Å². The Morgan fingerprint density at radius 1 is 0.696 bits per heavy atom. The monoisotopic (exact) mass is 308 g/mol. The van der Waals surface area contributed by atoms with E-state index in [1.165, 1.54) is 36.8 Å². The van der Waals surface area contributed by atoms with E-state index in [0.29, 0.717) is 10.8 Å². The van der Waals surface area contributed by atoms with Gasteiger partial charge in [0.2, 0.25) is 0 Å². The first-order valence-electron chi connectivity index (χ1n) is 8.61. The molecule has 0 nitrogen and oxygen atoms in total. The summed E-state index contributed by atoms with van der Waals surface area (Å²) in [5, 5.41) is 0. The summed E-state index contributed by atoms with van der Waals surface area (Å²) in [6.07, 6.45) is 5.42. The van der Waals surface area contributed by atoms with Gasteiger partial charge in [0.1, 0.15) is 0 Å². The van der Waals surface area contributed by atoms with Gasteiger partial charge in [0, 0.05) is 5.41 Å². The Balaban J connectivity index is 0.000000284. The zero-order chi connectivity index (χ0) is 15.8. The van der Waals surface area contributed by atoms with E-state index >= 15 is 0 Å². The Bertz CT molecular complexity index is 598. The molecule has 0 amide bonds. The molecule has 23 heavy (non-hydrogen) atoms. The number of hydrogen-bond donors (Lipinski definition) is 0. The van der Waals surface area contributed by atoms with Crippen molar-refractivity contribution in [1.29, 1.82) is 0 Å². The quantitative estimate of drug-likeness (QED) is 0.482. The van der Waals surface area contributed by atoms with E-state index in [2.05, 4.69) is 76.2 Å². The van der Waals surface area contributed by atoms with Gasteiger partial charge in [0.05, 0.1) is 0 Å². The van der Waals surface area contributed by atoms with E-state index in [-0.39, 0.29) is 7.43 Å². The summed E-state index contributed by atoms with van der Waals surface area (Å²) in [6, 6.07) is 18.0. The van der Waals surface area contributed by atoms with Crippen LogP contribution in [0.5, 0.6) is 0 Å². The molecule has 0 N–H and O–H groups in total. The highest BCUT2D eigenvalue weighted by molar-refractivity contribution is 5.81. The van der Waals surface area contributed by atoms with Crippen molar-refractivity contribution in [2.75, 3.05) is 0 Å². The largest absolute Gasteiger partial charge is 0.0776 e. The molecular formula is C23H32. The second-order valence-electron chi connectivity index (χ2n) is 8.38. The summed E-state index contributed by atoms with van der Waals surface area (Å²) in [7, 11) is 0. The van der Waals surface area contributed by atoms with Gasteiger partial charge in [-0.25, -0.2) is 0 Å². The molecule has 2 aromatic rings. The van der Waals surface area contributed by atoms with Crippen LogP contribution in [0.3, 0.4) is 0 Å². The van der Waals surface area contributed by atoms with E-state index in [9.17, 15) is 0 Å². The molecule has 0 unspecified atom stereocenters. The van der Waals surface area contributed by atoms with Crippen LogP contribution in [0.4, 0.5) is 0 Å². The molecule has 0 heterocycles. The van der Waals surface area contributed by atoms with Crippen LogP contribution in [-0.4, -0.2) is 0 Å². The summed E-state index contributed by atoms with van der Waals surface area (Å²) in [5.41, 5.74) is 6.97. The Hall–Kier alpha value is -1.56. The fraction of sp³-hybridized carbons (Fsp3) is 0.478. The van der Waals surface area contributed by atoms with Crippen molar-refractivity contribution in [2.24, 2.45) is 5.41 Å². The molecule has 0 aromatic heterocycles. The molecule has 0 aliphatic heterocycles. The van der Waals surface area contributed by atoms with Crippen LogP contribution < -0.4 is 0 Å². The van der Waals surface area contributed by atoms with Crippen molar-refractivity contribution in [3.63, 3.8) is 0 Å². The molecular weight excluding hydrogens is 276 g/mol. The highest BCUT2D eigenvalue weighted by atomic mass is 14.5. The number of fused-ring (bicyclic) bond motifs is 5. The highest BCUT2D eigenvalue weighted by Crippen LogP contribution is 2.56. The highest BCUT2D eigenvalue weighted by Gasteiger charge is 2.44. The molecule has 0 heteroatoms. The van der Waals surface area contributed by atoms with Gasteiger partial charge in [-0.1, -0.05) is 96.5 Å².